The molecule has 0 radical (unpaired) electrons. The monoisotopic (exact) mass is 470 g/mol. The van der Waals surface area contributed by atoms with Crippen LogP contribution < -0.4 is 15.5 Å². The molecule has 3 aromatic rings. The maximum absolute atomic E-state index is 12.3. The van der Waals surface area contributed by atoms with Crippen LogP contribution in [0.15, 0.2) is 48.7 Å². The van der Waals surface area contributed by atoms with E-state index in [1.807, 2.05) is 18.2 Å². The van der Waals surface area contributed by atoms with Gasteiger partial charge in [-0.2, -0.15) is 0 Å². The normalized spacial score (nSPS) is 17.6. The third kappa shape index (κ3) is 4.73. The van der Waals surface area contributed by atoms with Crippen molar-refractivity contribution in [3.05, 3.63) is 65.4 Å². The molecule has 0 saturated carbocycles. The predicted molar refractivity (Wildman–Crippen MR) is 142 cm³/mol. The minimum Gasteiger partial charge on any atom is -0.369 e. The van der Waals surface area contributed by atoms with E-state index in [1.165, 1.54) is 11.3 Å². The van der Waals surface area contributed by atoms with Gasteiger partial charge in [-0.05, 0) is 54.9 Å². The molecule has 2 aromatic carbocycles. The molecule has 2 N–H and O–H groups in total. The number of fused-ring (bicyclic) bond motifs is 1. The van der Waals surface area contributed by atoms with E-state index in [-0.39, 0.29) is 11.3 Å². The number of hydrogen-bond acceptors (Lipinski definition) is 6. The molecule has 0 bridgehead atoms. The molecular formula is C28H34N6O. The van der Waals surface area contributed by atoms with Crippen molar-refractivity contribution in [2.24, 2.45) is 0 Å². The molecule has 2 aliphatic rings. The molecule has 35 heavy (non-hydrogen) atoms. The summed E-state index contributed by atoms with van der Waals surface area (Å²) in [7, 11) is 0. The van der Waals surface area contributed by atoms with Crippen LogP contribution in [0, 0.1) is 6.92 Å². The first kappa shape index (κ1) is 23.3. The third-order valence-electron chi connectivity index (χ3n) is 7.26. The summed E-state index contributed by atoms with van der Waals surface area (Å²) in [6.07, 6.45) is 1.78. The summed E-state index contributed by atoms with van der Waals surface area (Å²) in [5.41, 5.74) is 6.99. The number of anilines is 3. The minimum atomic E-state index is -0.131. The van der Waals surface area contributed by atoms with Gasteiger partial charge in [0.2, 0.25) is 5.95 Å². The van der Waals surface area contributed by atoms with Crippen LogP contribution >= 0.6 is 0 Å². The number of benzene rings is 2. The van der Waals surface area contributed by atoms with Crippen LogP contribution in [0.2, 0.25) is 0 Å². The van der Waals surface area contributed by atoms with Gasteiger partial charge in [0.05, 0.1) is 5.69 Å². The van der Waals surface area contributed by atoms with Gasteiger partial charge >= 0.3 is 0 Å². The van der Waals surface area contributed by atoms with Crippen molar-refractivity contribution in [2.45, 2.75) is 33.1 Å². The van der Waals surface area contributed by atoms with Crippen molar-refractivity contribution in [3.8, 4) is 11.3 Å². The summed E-state index contributed by atoms with van der Waals surface area (Å²) in [5.74, 6) is 0.546. The molecule has 0 spiro atoms. The highest BCUT2D eigenvalue weighted by Crippen LogP contribution is 2.33. The smallest absolute Gasteiger partial charge is 0.251 e. The molecular weight excluding hydrogens is 436 g/mol. The Morgan fingerprint density at radius 2 is 1.86 bits per heavy atom. The highest BCUT2D eigenvalue weighted by Gasteiger charge is 2.31. The quantitative estimate of drug-likeness (QED) is 0.577. The van der Waals surface area contributed by atoms with Gasteiger partial charge in [-0.25, -0.2) is 9.97 Å². The van der Waals surface area contributed by atoms with E-state index in [9.17, 15) is 4.79 Å². The number of rotatable bonds is 5. The SMILES string of the molecule is CCN1CCN(c2cc(Nc3nccc(-c4ccc5c(c4)C(C)(C)CNC5=O)n3)ccc2C)CC1. The van der Waals surface area contributed by atoms with E-state index < -0.39 is 0 Å². The predicted octanol–water partition coefficient (Wildman–Crippen LogP) is 4.36. The van der Waals surface area contributed by atoms with Crippen molar-refractivity contribution >= 4 is 23.2 Å². The molecule has 3 heterocycles. The fraction of sp³-hybridized carbons (Fsp3) is 0.393. The number of hydrogen-bond donors (Lipinski definition) is 2. The molecule has 2 aliphatic heterocycles. The molecule has 1 amide bonds. The van der Waals surface area contributed by atoms with Crippen molar-refractivity contribution in [1.29, 1.82) is 0 Å². The Bertz CT molecular complexity index is 1250. The Labute approximate surface area is 207 Å². The van der Waals surface area contributed by atoms with Gasteiger partial charge < -0.3 is 20.4 Å². The number of amides is 1. The number of aryl methyl sites for hydroxylation is 1. The van der Waals surface area contributed by atoms with Gasteiger partial charge in [0, 0.05) is 66.8 Å². The summed E-state index contributed by atoms with van der Waals surface area (Å²) >= 11 is 0. The number of nitrogens with one attached hydrogen (secondary N) is 2. The summed E-state index contributed by atoms with van der Waals surface area (Å²) < 4.78 is 0. The second kappa shape index (κ2) is 9.30. The number of likely N-dealkylation sites (N-methyl/N-ethyl adjacent to an activating group) is 1. The van der Waals surface area contributed by atoms with Gasteiger partial charge in [0.25, 0.3) is 5.91 Å². The highest BCUT2D eigenvalue weighted by molar-refractivity contribution is 5.98. The lowest BCUT2D eigenvalue weighted by atomic mass is 9.78. The van der Waals surface area contributed by atoms with E-state index in [0.717, 1.165) is 60.8 Å². The molecule has 1 fully saturated rings. The Morgan fingerprint density at radius 1 is 1.06 bits per heavy atom. The molecule has 1 saturated heterocycles. The van der Waals surface area contributed by atoms with Crippen LogP contribution in [-0.4, -0.2) is 60.0 Å². The van der Waals surface area contributed by atoms with Crippen molar-refractivity contribution in [1.82, 2.24) is 20.2 Å². The van der Waals surface area contributed by atoms with Gasteiger partial charge in [0.15, 0.2) is 0 Å². The van der Waals surface area contributed by atoms with Crippen LogP contribution in [-0.2, 0) is 5.41 Å². The minimum absolute atomic E-state index is 0.0119. The Balaban J connectivity index is 1.39. The molecule has 7 nitrogen and oxygen atoms in total. The van der Waals surface area contributed by atoms with E-state index in [0.29, 0.717) is 12.5 Å². The molecule has 0 unspecified atom stereocenters. The van der Waals surface area contributed by atoms with Gasteiger partial charge in [-0.15, -0.1) is 0 Å². The average Bonchev–Trinajstić information content (AvgIpc) is 2.88. The van der Waals surface area contributed by atoms with E-state index in [4.69, 9.17) is 4.98 Å². The lowest BCUT2D eigenvalue weighted by molar-refractivity contribution is 0.0930. The van der Waals surface area contributed by atoms with Crippen molar-refractivity contribution < 1.29 is 4.79 Å². The topological polar surface area (TPSA) is 73.4 Å². The number of carbonyl (C=O) groups excluding carboxylic acids is 1. The molecule has 182 valence electrons. The number of carbonyl (C=O) groups is 1. The second-order valence-corrected chi connectivity index (χ2v) is 10.1. The van der Waals surface area contributed by atoms with E-state index in [2.05, 4.69) is 77.4 Å². The first-order valence-corrected chi connectivity index (χ1v) is 12.5. The zero-order valence-electron chi connectivity index (χ0n) is 21.1. The lowest BCUT2D eigenvalue weighted by Gasteiger charge is -2.36. The Morgan fingerprint density at radius 3 is 2.63 bits per heavy atom. The largest absolute Gasteiger partial charge is 0.369 e. The van der Waals surface area contributed by atoms with Crippen LogP contribution in [0.4, 0.5) is 17.3 Å². The average molecular weight is 471 g/mol. The van der Waals surface area contributed by atoms with Gasteiger partial charge in [-0.3, -0.25) is 4.79 Å². The van der Waals surface area contributed by atoms with Crippen LogP contribution in [0.1, 0.15) is 42.3 Å². The fourth-order valence-electron chi connectivity index (χ4n) is 4.99. The summed E-state index contributed by atoms with van der Waals surface area (Å²) in [5, 5.41) is 6.38. The standard InChI is InChI=1S/C28H34N6O/c1-5-33-12-14-34(15-13-33)25-17-21(8-6-19(25)2)31-27-29-11-10-24(32-27)20-7-9-22-23(16-20)28(3,4)18-30-26(22)35/h6-11,16-17H,5,12-15,18H2,1-4H3,(H,30,35)(H,29,31,32). The molecule has 0 aliphatic carbocycles. The summed E-state index contributed by atoms with van der Waals surface area (Å²) in [6, 6.07) is 14.3. The zero-order chi connectivity index (χ0) is 24.6. The number of nitrogens with zero attached hydrogens (tertiary/aromatic N) is 4. The number of piperazine rings is 1. The third-order valence-corrected chi connectivity index (χ3v) is 7.26. The highest BCUT2D eigenvalue weighted by atomic mass is 16.1. The van der Waals surface area contributed by atoms with Crippen molar-refractivity contribution in [2.75, 3.05) is 49.5 Å². The lowest BCUT2D eigenvalue weighted by Crippen LogP contribution is -2.46. The van der Waals surface area contributed by atoms with Crippen molar-refractivity contribution in [3.63, 3.8) is 0 Å². The molecule has 7 heteroatoms. The maximum Gasteiger partial charge on any atom is 0.251 e. The van der Waals surface area contributed by atoms with Crippen LogP contribution in [0.3, 0.4) is 0 Å². The van der Waals surface area contributed by atoms with Gasteiger partial charge in [-0.1, -0.05) is 32.9 Å². The maximum atomic E-state index is 12.3. The zero-order valence-corrected chi connectivity index (χ0v) is 21.1. The Hall–Kier alpha value is -3.45. The molecule has 1 aromatic heterocycles. The Kier molecular flexibility index (Phi) is 6.19. The van der Waals surface area contributed by atoms with Gasteiger partial charge in [0.1, 0.15) is 0 Å². The first-order chi connectivity index (χ1) is 16.8. The summed E-state index contributed by atoms with van der Waals surface area (Å²) in [4.78, 5) is 26.5. The summed E-state index contributed by atoms with van der Waals surface area (Å²) in [6.45, 7) is 14.7. The second-order valence-electron chi connectivity index (χ2n) is 10.1. The van der Waals surface area contributed by atoms with E-state index >= 15 is 0 Å². The van der Waals surface area contributed by atoms with E-state index in [1.54, 1.807) is 6.20 Å². The van der Waals surface area contributed by atoms with Crippen LogP contribution in [0.25, 0.3) is 11.3 Å². The first-order valence-electron chi connectivity index (χ1n) is 12.5. The number of aromatic nitrogens is 2. The molecule has 0 atom stereocenters. The fourth-order valence-corrected chi connectivity index (χ4v) is 4.99. The molecule has 5 rings (SSSR count). The van der Waals surface area contributed by atoms with Crippen LogP contribution in [0.5, 0.6) is 0 Å².